The molecule has 4 nitrogen and oxygen atoms in total. The van der Waals surface area contributed by atoms with E-state index in [1.807, 2.05) is 12.1 Å². The summed E-state index contributed by atoms with van der Waals surface area (Å²) in [5.74, 6) is 1.76. The Kier molecular flexibility index (Phi) is 5.95. The van der Waals surface area contributed by atoms with Gasteiger partial charge in [0.15, 0.2) is 0 Å². The molecule has 2 aliphatic heterocycles. The maximum atomic E-state index is 5.51. The molecule has 1 N–H and O–H groups in total. The van der Waals surface area contributed by atoms with Gasteiger partial charge in [-0.25, -0.2) is 0 Å². The SMILES string of the molecule is COc1ccc(CN(C)C2CC3CCC(C2)N3)c(OC)c1.Cl. The summed E-state index contributed by atoms with van der Waals surface area (Å²) in [6.07, 6.45) is 5.23. The van der Waals surface area contributed by atoms with Gasteiger partial charge in [-0.3, -0.25) is 4.90 Å². The lowest BCUT2D eigenvalue weighted by Gasteiger charge is -2.35. The Hall–Kier alpha value is -0.970. The second-order valence-electron chi connectivity index (χ2n) is 6.36. The summed E-state index contributed by atoms with van der Waals surface area (Å²) in [6, 6.07) is 8.23. The first-order valence-corrected chi connectivity index (χ1v) is 7.86. The summed E-state index contributed by atoms with van der Waals surface area (Å²) < 4.78 is 10.8. The molecule has 2 fully saturated rings. The fourth-order valence-corrected chi connectivity index (χ4v) is 3.77. The lowest BCUT2D eigenvalue weighted by atomic mass is 9.98. The molecule has 0 aliphatic carbocycles. The number of hydrogen-bond donors (Lipinski definition) is 1. The average molecular weight is 327 g/mol. The van der Waals surface area contributed by atoms with Crippen molar-refractivity contribution in [3.8, 4) is 11.5 Å². The molecular formula is C17H27ClN2O2. The first-order chi connectivity index (χ1) is 10.2. The zero-order valence-electron chi connectivity index (χ0n) is 13.7. The lowest BCUT2D eigenvalue weighted by molar-refractivity contribution is 0.164. The number of fused-ring (bicyclic) bond motifs is 2. The number of benzene rings is 1. The first-order valence-electron chi connectivity index (χ1n) is 7.86. The second kappa shape index (κ2) is 7.53. The highest BCUT2D eigenvalue weighted by Gasteiger charge is 2.35. The van der Waals surface area contributed by atoms with E-state index in [0.29, 0.717) is 6.04 Å². The largest absolute Gasteiger partial charge is 0.497 e. The summed E-state index contributed by atoms with van der Waals surface area (Å²) in [5.41, 5.74) is 1.23. The third-order valence-corrected chi connectivity index (χ3v) is 4.99. The van der Waals surface area contributed by atoms with E-state index in [-0.39, 0.29) is 12.4 Å². The van der Waals surface area contributed by atoms with E-state index in [9.17, 15) is 0 Å². The molecule has 1 aromatic carbocycles. The smallest absolute Gasteiger partial charge is 0.127 e. The van der Waals surface area contributed by atoms with E-state index in [0.717, 1.165) is 30.1 Å². The molecular weight excluding hydrogens is 300 g/mol. The number of methoxy groups -OCH3 is 2. The number of rotatable bonds is 5. The van der Waals surface area contributed by atoms with E-state index in [1.54, 1.807) is 14.2 Å². The summed E-state index contributed by atoms with van der Waals surface area (Å²) in [6.45, 7) is 0.928. The molecule has 2 heterocycles. The van der Waals surface area contributed by atoms with Crippen molar-refractivity contribution in [3.63, 3.8) is 0 Å². The second-order valence-corrected chi connectivity index (χ2v) is 6.36. The highest BCUT2D eigenvalue weighted by atomic mass is 35.5. The van der Waals surface area contributed by atoms with Crippen LogP contribution in [0.15, 0.2) is 18.2 Å². The van der Waals surface area contributed by atoms with Crippen LogP contribution in [-0.4, -0.2) is 44.3 Å². The molecule has 0 aromatic heterocycles. The van der Waals surface area contributed by atoms with E-state index in [4.69, 9.17) is 9.47 Å². The fourth-order valence-electron chi connectivity index (χ4n) is 3.77. The molecule has 2 saturated heterocycles. The monoisotopic (exact) mass is 326 g/mol. The molecule has 0 spiro atoms. The molecule has 124 valence electrons. The zero-order chi connectivity index (χ0) is 14.8. The Balaban J connectivity index is 0.00000176. The number of hydrogen-bond acceptors (Lipinski definition) is 4. The van der Waals surface area contributed by atoms with Crippen LogP contribution in [-0.2, 0) is 6.54 Å². The van der Waals surface area contributed by atoms with Crippen LogP contribution in [0, 0.1) is 0 Å². The van der Waals surface area contributed by atoms with Crippen molar-refractivity contribution in [3.05, 3.63) is 23.8 Å². The van der Waals surface area contributed by atoms with Crippen LogP contribution in [0.5, 0.6) is 11.5 Å². The summed E-state index contributed by atoms with van der Waals surface area (Å²) in [5, 5.41) is 3.71. The van der Waals surface area contributed by atoms with Gasteiger partial charge in [-0.15, -0.1) is 12.4 Å². The summed E-state index contributed by atoms with van der Waals surface area (Å²) in [4.78, 5) is 2.48. The van der Waals surface area contributed by atoms with Crippen molar-refractivity contribution in [2.45, 2.75) is 50.4 Å². The Labute approximate surface area is 139 Å². The van der Waals surface area contributed by atoms with E-state index >= 15 is 0 Å². The van der Waals surface area contributed by atoms with Gasteiger partial charge in [0, 0.05) is 36.3 Å². The van der Waals surface area contributed by atoms with Crippen molar-refractivity contribution >= 4 is 12.4 Å². The van der Waals surface area contributed by atoms with E-state index in [1.165, 1.54) is 31.2 Å². The van der Waals surface area contributed by atoms with Crippen LogP contribution in [0.4, 0.5) is 0 Å². The molecule has 2 bridgehead atoms. The van der Waals surface area contributed by atoms with Crippen molar-refractivity contribution in [1.82, 2.24) is 10.2 Å². The van der Waals surface area contributed by atoms with Gasteiger partial charge < -0.3 is 14.8 Å². The predicted octanol–water partition coefficient (Wildman–Crippen LogP) is 2.84. The average Bonchev–Trinajstić information content (AvgIpc) is 2.85. The van der Waals surface area contributed by atoms with Crippen LogP contribution in [0.1, 0.15) is 31.2 Å². The minimum absolute atomic E-state index is 0. The van der Waals surface area contributed by atoms with Crippen LogP contribution in [0.2, 0.25) is 0 Å². The van der Waals surface area contributed by atoms with Crippen molar-refractivity contribution in [2.75, 3.05) is 21.3 Å². The fraction of sp³-hybridized carbons (Fsp3) is 0.647. The molecule has 0 amide bonds. The van der Waals surface area contributed by atoms with Crippen LogP contribution < -0.4 is 14.8 Å². The Morgan fingerprint density at radius 2 is 1.82 bits per heavy atom. The quantitative estimate of drug-likeness (QED) is 0.902. The highest BCUT2D eigenvalue weighted by Crippen LogP contribution is 2.31. The van der Waals surface area contributed by atoms with Gasteiger partial charge in [0.1, 0.15) is 11.5 Å². The predicted molar refractivity (Wildman–Crippen MR) is 91.2 cm³/mol. The topological polar surface area (TPSA) is 33.7 Å². The van der Waals surface area contributed by atoms with Gasteiger partial charge in [-0.1, -0.05) is 6.07 Å². The lowest BCUT2D eigenvalue weighted by Crippen LogP contribution is -2.46. The maximum Gasteiger partial charge on any atom is 0.127 e. The number of nitrogens with zero attached hydrogens (tertiary/aromatic N) is 1. The van der Waals surface area contributed by atoms with Gasteiger partial charge in [0.05, 0.1) is 14.2 Å². The van der Waals surface area contributed by atoms with Crippen molar-refractivity contribution in [2.24, 2.45) is 0 Å². The van der Waals surface area contributed by atoms with E-state index < -0.39 is 0 Å². The van der Waals surface area contributed by atoms with Crippen LogP contribution in [0.25, 0.3) is 0 Å². The molecule has 22 heavy (non-hydrogen) atoms. The Morgan fingerprint density at radius 1 is 1.14 bits per heavy atom. The third kappa shape index (κ3) is 3.67. The Bertz CT molecular complexity index is 486. The van der Waals surface area contributed by atoms with Crippen molar-refractivity contribution in [1.29, 1.82) is 0 Å². The highest BCUT2D eigenvalue weighted by molar-refractivity contribution is 5.85. The number of nitrogens with one attached hydrogen (secondary N) is 1. The number of halogens is 1. The molecule has 0 saturated carbocycles. The van der Waals surface area contributed by atoms with Gasteiger partial charge in [0.25, 0.3) is 0 Å². The van der Waals surface area contributed by atoms with Crippen LogP contribution in [0.3, 0.4) is 0 Å². The molecule has 3 rings (SSSR count). The zero-order valence-corrected chi connectivity index (χ0v) is 14.5. The molecule has 5 heteroatoms. The van der Waals surface area contributed by atoms with Gasteiger partial charge in [-0.05, 0) is 38.8 Å². The summed E-state index contributed by atoms with van der Waals surface area (Å²) >= 11 is 0. The molecule has 1 aromatic rings. The van der Waals surface area contributed by atoms with Crippen molar-refractivity contribution < 1.29 is 9.47 Å². The molecule has 2 aliphatic rings. The normalized spacial score (nSPS) is 26.6. The third-order valence-electron chi connectivity index (χ3n) is 4.99. The molecule has 2 unspecified atom stereocenters. The maximum absolute atomic E-state index is 5.51. The molecule has 2 atom stereocenters. The Morgan fingerprint density at radius 3 is 2.41 bits per heavy atom. The number of ether oxygens (including phenoxy) is 2. The van der Waals surface area contributed by atoms with Gasteiger partial charge in [-0.2, -0.15) is 0 Å². The molecule has 0 radical (unpaired) electrons. The minimum atomic E-state index is 0. The van der Waals surface area contributed by atoms with Gasteiger partial charge >= 0.3 is 0 Å². The first kappa shape index (κ1) is 17.4. The van der Waals surface area contributed by atoms with E-state index in [2.05, 4.69) is 23.3 Å². The minimum Gasteiger partial charge on any atom is -0.497 e. The van der Waals surface area contributed by atoms with Crippen LogP contribution >= 0.6 is 12.4 Å². The number of piperidine rings is 1. The van der Waals surface area contributed by atoms with Gasteiger partial charge in [0.2, 0.25) is 0 Å². The standard InChI is InChI=1S/C17H26N2O2.ClH/c1-19(15-8-13-5-6-14(9-15)18-13)11-12-4-7-16(20-2)10-17(12)21-3;/h4,7,10,13-15,18H,5-6,8-9,11H2,1-3H3;1H. The summed E-state index contributed by atoms with van der Waals surface area (Å²) in [7, 11) is 5.65.